The summed E-state index contributed by atoms with van der Waals surface area (Å²) in [5, 5.41) is 0.572. The lowest BCUT2D eigenvalue weighted by Crippen LogP contribution is -2.25. The molecule has 1 saturated heterocycles. The highest BCUT2D eigenvalue weighted by Gasteiger charge is 2.33. The van der Waals surface area contributed by atoms with E-state index in [4.69, 9.17) is 14.2 Å². The number of aromatic nitrogens is 2. The Bertz CT molecular complexity index is 381. The van der Waals surface area contributed by atoms with Gasteiger partial charge >= 0.3 is 0 Å². The lowest BCUT2D eigenvalue weighted by molar-refractivity contribution is -0.141. The Kier molecular flexibility index (Phi) is 3.92. The summed E-state index contributed by atoms with van der Waals surface area (Å²) in [5.74, 6) is 0.178. The molecule has 0 saturated carbocycles. The Morgan fingerprint density at radius 2 is 2.41 bits per heavy atom. The zero-order valence-corrected chi connectivity index (χ0v) is 11.8. The van der Waals surface area contributed by atoms with Crippen LogP contribution in [0.2, 0.25) is 0 Å². The second-order valence-corrected chi connectivity index (χ2v) is 5.85. The lowest BCUT2D eigenvalue weighted by atomic mass is 10.4. The topological polar surface area (TPSA) is 53.5 Å². The molecule has 0 amide bonds. The third-order valence-corrected chi connectivity index (χ3v) is 3.13. The minimum atomic E-state index is -0.514. The number of rotatable bonds is 4. The van der Waals surface area contributed by atoms with Crippen molar-refractivity contribution in [1.82, 2.24) is 9.36 Å². The van der Waals surface area contributed by atoms with Crippen LogP contribution in [0.3, 0.4) is 0 Å². The summed E-state index contributed by atoms with van der Waals surface area (Å²) in [6, 6.07) is 0. The minimum Gasteiger partial charge on any atom is -0.466 e. The molecular weight excluding hydrogens is 260 g/mol. The minimum absolute atomic E-state index is 0.0218. The SMILES string of the molecule is CC(S)c1nsc(OCC2COC(C)(C)O2)n1. The Hall–Kier alpha value is -0.370. The summed E-state index contributed by atoms with van der Waals surface area (Å²) < 4.78 is 20.7. The normalized spacial score (nSPS) is 24.8. The van der Waals surface area contributed by atoms with E-state index in [0.29, 0.717) is 24.2 Å². The molecule has 0 aromatic carbocycles. The smallest absolute Gasteiger partial charge is 0.293 e. The van der Waals surface area contributed by atoms with Crippen molar-refractivity contribution in [2.45, 2.75) is 37.9 Å². The predicted molar refractivity (Wildman–Crippen MR) is 67.7 cm³/mol. The second kappa shape index (κ2) is 5.09. The zero-order chi connectivity index (χ0) is 12.5. The van der Waals surface area contributed by atoms with Crippen molar-refractivity contribution in [2.24, 2.45) is 0 Å². The summed E-state index contributed by atoms with van der Waals surface area (Å²) >= 11 is 5.49. The van der Waals surface area contributed by atoms with Crippen molar-refractivity contribution in [3.63, 3.8) is 0 Å². The Balaban J connectivity index is 1.82. The fourth-order valence-electron chi connectivity index (χ4n) is 1.46. The Morgan fingerprint density at radius 1 is 1.65 bits per heavy atom. The predicted octanol–water partition coefficient (Wildman–Crippen LogP) is 2.06. The van der Waals surface area contributed by atoms with E-state index >= 15 is 0 Å². The molecule has 96 valence electrons. The molecule has 2 rings (SSSR count). The summed E-state index contributed by atoms with van der Waals surface area (Å²) in [4.78, 5) is 4.22. The third kappa shape index (κ3) is 3.54. The summed E-state index contributed by atoms with van der Waals surface area (Å²) in [6.45, 7) is 6.67. The standard InChI is InChI=1S/C10H16N2O3S2/c1-6(16)8-11-9(17-12-8)13-4-7-5-14-10(2,3)15-7/h6-7,16H,4-5H2,1-3H3. The Labute approximate surface area is 110 Å². The monoisotopic (exact) mass is 276 g/mol. The summed E-state index contributed by atoms with van der Waals surface area (Å²) in [5.41, 5.74) is 0. The molecule has 2 atom stereocenters. The highest BCUT2D eigenvalue weighted by atomic mass is 32.1. The van der Waals surface area contributed by atoms with Crippen LogP contribution < -0.4 is 4.74 Å². The van der Waals surface area contributed by atoms with Gasteiger partial charge in [0.25, 0.3) is 5.19 Å². The van der Waals surface area contributed by atoms with Crippen molar-refractivity contribution in [3.05, 3.63) is 5.82 Å². The van der Waals surface area contributed by atoms with Gasteiger partial charge in [0.05, 0.1) is 11.9 Å². The van der Waals surface area contributed by atoms with Crippen LogP contribution in [0.5, 0.6) is 5.19 Å². The van der Waals surface area contributed by atoms with Crippen molar-refractivity contribution >= 4 is 24.2 Å². The van der Waals surface area contributed by atoms with Gasteiger partial charge in [0.15, 0.2) is 11.6 Å². The molecule has 1 aliphatic rings. The summed E-state index contributed by atoms with van der Waals surface area (Å²) in [6.07, 6.45) is -0.0502. The van der Waals surface area contributed by atoms with Gasteiger partial charge in [-0.2, -0.15) is 22.0 Å². The van der Waals surface area contributed by atoms with Crippen LogP contribution >= 0.6 is 24.2 Å². The number of hydrogen-bond acceptors (Lipinski definition) is 7. The van der Waals surface area contributed by atoms with Gasteiger partial charge in [-0.15, -0.1) is 0 Å². The van der Waals surface area contributed by atoms with Gasteiger partial charge in [-0.05, 0) is 20.8 Å². The molecule has 0 bridgehead atoms. The zero-order valence-electron chi connectivity index (χ0n) is 10.0. The number of nitrogens with zero attached hydrogens (tertiary/aromatic N) is 2. The first-order valence-electron chi connectivity index (χ1n) is 5.42. The molecule has 5 nitrogen and oxygen atoms in total. The average molecular weight is 276 g/mol. The van der Waals surface area contributed by atoms with E-state index in [9.17, 15) is 0 Å². The Morgan fingerprint density at radius 3 is 2.94 bits per heavy atom. The van der Waals surface area contributed by atoms with E-state index in [0.717, 1.165) is 0 Å². The van der Waals surface area contributed by atoms with E-state index in [2.05, 4.69) is 22.0 Å². The van der Waals surface area contributed by atoms with Crippen molar-refractivity contribution in [3.8, 4) is 5.19 Å². The number of ether oxygens (including phenoxy) is 3. The fraction of sp³-hybridized carbons (Fsp3) is 0.800. The molecule has 0 aliphatic carbocycles. The van der Waals surface area contributed by atoms with Crippen LogP contribution in [0.4, 0.5) is 0 Å². The molecule has 2 unspecified atom stereocenters. The highest BCUT2D eigenvalue weighted by Crippen LogP contribution is 2.25. The van der Waals surface area contributed by atoms with Gasteiger partial charge in [-0.25, -0.2) is 0 Å². The molecule has 7 heteroatoms. The molecule has 1 aliphatic heterocycles. The van der Waals surface area contributed by atoms with E-state index in [-0.39, 0.29) is 11.4 Å². The number of thiol groups is 1. The van der Waals surface area contributed by atoms with Crippen LogP contribution in [0.25, 0.3) is 0 Å². The summed E-state index contributed by atoms with van der Waals surface area (Å²) in [7, 11) is 0. The lowest BCUT2D eigenvalue weighted by Gasteiger charge is -2.16. The first-order chi connectivity index (χ1) is 7.96. The van der Waals surface area contributed by atoms with Crippen molar-refractivity contribution < 1.29 is 14.2 Å². The largest absolute Gasteiger partial charge is 0.466 e. The van der Waals surface area contributed by atoms with Crippen LogP contribution in [0, 0.1) is 0 Å². The maximum atomic E-state index is 5.62. The fourth-order valence-corrected chi connectivity index (χ4v) is 2.28. The molecule has 0 N–H and O–H groups in total. The van der Waals surface area contributed by atoms with E-state index in [1.165, 1.54) is 11.5 Å². The molecule has 1 aromatic rings. The quantitative estimate of drug-likeness (QED) is 0.853. The van der Waals surface area contributed by atoms with Gasteiger partial charge in [0.2, 0.25) is 0 Å². The van der Waals surface area contributed by atoms with E-state index in [1.807, 2.05) is 20.8 Å². The molecule has 0 spiro atoms. The third-order valence-electron chi connectivity index (χ3n) is 2.26. The molecule has 0 radical (unpaired) electrons. The molecule has 2 heterocycles. The van der Waals surface area contributed by atoms with E-state index < -0.39 is 5.79 Å². The van der Waals surface area contributed by atoms with E-state index in [1.54, 1.807) is 0 Å². The first kappa shape index (κ1) is 13.1. The molecule has 1 aromatic heterocycles. The average Bonchev–Trinajstić information content (AvgIpc) is 2.81. The van der Waals surface area contributed by atoms with Crippen LogP contribution in [0.1, 0.15) is 31.8 Å². The number of hydrogen-bond donors (Lipinski definition) is 1. The van der Waals surface area contributed by atoms with Crippen molar-refractivity contribution in [1.29, 1.82) is 0 Å². The second-order valence-electron chi connectivity index (χ2n) is 4.36. The van der Waals surface area contributed by atoms with Crippen LogP contribution in [-0.4, -0.2) is 34.5 Å². The van der Waals surface area contributed by atoms with Crippen LogP contribution in [0.15, 0.2) is 0 Å². The van der Waals surface area contributed by atoms with Gasteiger partial charge in [-0.3, -0.25) is 0 Å². The van der Waals surface area contributed by atoms with Gasteiger partial charge in [0, 0.05) is 11.5 Å². The maximum Gasteiger partial charge on any atom is 0.293 e. The molecule has 1 fully saturated rings. The molecule has 17 heavy (non-hydrogen) atoms. The highest BCUT2D eigenvalue weighted by molar-refractivity contribution is 7.80. The van der Waals surface area contributed by atoms with Crippen LogP contribution in [-0.2, 0) is 9.47 Å². The molecular formula is C10H16N2O3S2. The first-order valence-corrected chi connectivity index (χ1v) is 6.71. The van der Waals surface area contributed by atoms with Gasteiger partial charge in [-0.1, -0.05) is 0 Å². The van der Waals surface area contributed by atoms with Crippen molar-refractivity contribution in [2.75, 3.05) is 13.2 Å². The van der Waals surface area contributed by atoms with Gasteiger partial charge < -0.3 is 14.2 Å². The van der Waals surface area contributed by atoms with Gasteiger partial charge in [0.1, 0.15) is 12.7 Å². The maximum absolute atomic E-state index is 5.62.